The molecule has 1 N–H and O–H groups in total. The fourth-order valence-electron chi connectivity index (χ4n) is 1.63. The number of nitrogens with zero attached hydrogens (tertiary/aromatic N) is 1. The summed E-state index contributed by atoms with van der Waals surface area (Å²) in [5, 5.41) is 2.59. The molecule has 0 aromatic heterocycles. The number of amides is 1. The highest BCUT2D eigenvalue weighted by Gasteiger charge is 2.15. The average molecular weight is 306 g/mol. The Bertz CT molecular complexity index is 541. The molecule has 0 unspecified atom stereocenters. The molecule has 6 heteroatoms. The van der Waals surface area contributed by atoms with Crippen molar-refractivity contribution in [2.45, 2.75) is 6.92 Å². The van der Waals surface area contributed by atoms with E-state index < -0.39 is 11.9 Å². The second-order valence-corrected chi connectivity index (χ2v) is 4.77. The zero-order valence-electron chi connectivity index (χ0n) is 13.2. The number of likely N-dealkylation sites (N-methyl/N-ethyl adjacent to an activating group) is 1. The molecule has 1 amide bonds. The van der Waals surface area contributed by atoms with Crippen LogP contribution in [0, 0.1) is 0 Å². The third kappa shape index (κ3) is 5.57. The van der Waals surface area contributed by atoms with Gasteiger partial charge in [-0.15, -0.1) is 0 Å². The smallest absolute Gasteiger partial charge is 0.340 e. The van der Waals surface area contributed by atoms with E-state index >= 15 is 0 Å². The lowest BCUT2D eigenvalue weighted by Gasteiger charge is -2.14. The molecule has 0 saturated carbocycles. The number of benzene rings is 1. The third-order valence-electron chi connectivity index (χ3n) is 2.74. The number of hydrogen-bond acceptors (Lipinski definition) is 5. The third-order valence-corrected chi connectivity index (χ3v) is 2.74. The maximum atomic E-state index is 11.9. The van der Waals surface area contributed by atoms with Crippen LogP contribution >= 0.6 is 0 Å². The topological polar surface area (TPSA) is 67.9 Å². The lowest BCUT2D eigenvalue weighted by atomic mass is 10.1. The Labute approximate surface area is 130 Å². The molecule has 1 aromatic carbocycles. The van der Waals surface area contributed by atoms with E-state index in [0.29, 0.717) is 18.0 Å². The molecular weight excluding hydrogens is 284 g/mol. The van der Waals surface area contributed by atoms with Crippen LogP contribution in [0.25, 0.3) is 0 Å². The summed E-state index contributed by atoms with van der Waals surface area (Å²) in [4.78, 5) is 25.4. The Morgan fingerprint density at radius 1 is 1.36 bits per heavy atom. The van der Waals surface area contributed by atoms with Crippen molar-refractivity contribution in [1.29, 1.82) is 0 Å². The summed E-state index contributed by atoms with van der Waals surface area (Å²) in [6.07, 6.45) is 1.13. The number of rotatable bonds is 8. The number of hydrogen-bond donors (Lipinski definition) is 1. The number of carbonyl (C=O) groups is 2. The van der Waals surface area contributed by atoms with Gasteiger partial charge in [0.25, 0.3) is 0 Å². The fourth-order valence-corrected chi connectivity index (χ4v) is 1.63. The van der Waals surface area contributed by atoms with Crippen LogP contribution in [0.15, 0.2) is 30.9 Å². The molecule has 0 atom stereocenters. The van der Waals surface area contributed by atoms with Crippen LogP contribution in [0.2, 0.25) is 0 Å². The summed E-state index contributed by atoms with van der Waals surface area (Å²) in [6, 6.07) is 4.84. The minimum absolute atomic E-state index is 0.259. The number of esters is 1. The van der Waals surface area contributed by atoms with Crippen molar-refractivity contribution in [3.63, 3.8) is 0 Å². The molecule has 0 spiro atoms. The first-order valence-electron chi connectivity index (χ1n) is 7.00. The van der Waals surface area contributed by atoms with Gasteiger partial charge in [0, 0.05) is 12.6 Å². The Morgan fingerprint density at radius 2 is 2.09 bits per heavy atom. The van der Waals surface area contributed by atoms with Crippen molar-refractivity contribution in [2.75, 3.05) is 39.2 Å². The summed E-state index contributed by atoms with van der Waals surface area (Å²) >= 11 is 0. The van der Waals surface area contributed by atoms with E-state index in [9.17, 15) is 9.59 Å². The van der Waals surface area contributed by atoms with Crippen LogP contribution in [0.5, 0.6) is 5.75 Å². The Kier molecular flexibility index (Phi) is 7.12. The molecule has 0 aliphatic heterocycles. The van der Waals surface area contributed by atoms with Gasteiger partial charge in [0.1, 0.15) is 12.4 Å². The molecule has 6 nitrogen and oxygen atoms in total. The van der Waals surface area contributed by atoms with Gasteiger partial charge in [0.05, 0.1) is 17.9 Å². The average Bonchev–Trinajstić information content (AvgIpc) is 2.47. The minimum atomic E-state index is -0.498. The van der Waals surface area contributed by atoms with Gasteiger partial charge >= 0.3 is 5.97 Å². The maximum absolute atomic E-state index is 11.9. The van der Waals surface area contributed by atoms with E-state index in [2.05, 4.69) is 11.9 Å². The summed E-state index contributed by atoms with van der Waals surface area (Å²) in [5.74, 6) is -0.341. The van der Waals surface area contributed by atoms with Crippen molar-refractivity contribution in [2.24, 2.45) is 0 Å². The van der Waals surface area contributed by atoms with Crippen LogP contribution in [-0.4, -0.2) is 50.6 Å². The molecule has 120 valence electrons. The largest absolute Gasteiger partial charge is 0.492 e. The Morgan fingerprint density at radius 3 is 2.68 bits per heavy atom. The molecule has 1 rings (SSSR count). The summed E-state index contributed by atoms with van der Waals surface area (Å²) in [7, 11) is 3.89. The van der Waals surface area contributed by atoms with E-state index in [1.807, 2.05) is 19.0 Å². The predicted molar refractivity (Wildman–Crippen MR) is 85.3 cm³/mol. The molecule has 1 aromatic rings. The van der Waals surface area contributed by atoms with Gasteiger partial charge in [-0.3, -0.25) is 4.79 Å². The highest BCUT2D eigenvalue weighted by atomic mass is 16.5. The van der Waals surface area contributed by atoms with Gasteiger partial charge in [-0.1, -0.05) is 6.58 Å². The van der Waals surface area contributed by atoms with E-state index in [4.69, 9.17) is 9.47 Å². The quantitative estimate of drug-likeness (QED) is 0.587. The molecule has 0 aliphatic carbocycles. The number of ether oxygens (including phenoxy) is 2. The van der Waals surface area contributed by atoms with Gasteiger partial charge in [0.2, 0.25) is 5.91 Å². The van der Waals surface area contributed by atoms with Crippen molar-refractivity contribution in [3.8, 4) is 5.75 Å². The molecule has 0 heterocycles. The van der Waals surface area contributed by atoms with Crippen molar-refractivity contribution >= 4 is 17.6 Å². The SMILES string of the molecule is C=CC(=O)Nc1cc(OCCN(C)C)ccc1C(=O)OCC. The predicted octanol–water partition coefficient (Wildman–Crippen LogP) is 1.93. The Balaban J connectivity index is 2.95. The van der Waals surface area contributed by atoms with Crippen LogP contribution < -0.4 is 10.1 Å². The molecule has 0 saturated heterocycles. The first-order valence-corrected chi connectivity index (χ1v) is 7.00. The van der Waals surface area contributed by atoms with Crippen molar-refractivity contribution in [1.82, 2.24) is 4.90 Å². The lowest BCUT2D eigenvalue weighted by Crippen LogP contribution is -2.19. The van der Waals surface area contributed by atoms with E-state index in [0.717, 1.165) is 12.6 Å². The highest BCUT2D eigenvalue weighted by molar-refractivity contribution is 6.05. The highest BCUT2D eigenvalue weighted by Crippen LogP contribution is 2.23. The number of carbonyl (C=O) groups excluding carboxylic acids is 2. The standard InChI is InChI=1S/C16H22N2O4/c1-5-15(19)17-14-11-12(22-10-9-18(3)4)7-8-13(14)16(20)21-6-2/h5,7-8,11H,1,6,9-10H2,2-4H3,(H,17,19). The molecular formula is C16H22N2O4. The molecule has 0 fully saturated rings. The van der Waals surface area contributed by atoms with Crippen LogP contribution in [0.4, 0.5) is 5.69 Å². The van der Waals surface area contributed by atoms with Gasteiger partial charge < -0.3 is 19.7 Å². The first-order chi connectivity index (χ1) is 10.5. The molecule has 22 heavy (non-hydrogen) atoms. The second kappa shape index (κ2) is 8.84. The second-order valence-electron chi connectivity index (χ2n) is 4.77. The maximum Gasteiger partial charge on any atom is 0.340 e. The van der Waals surface area contributed by atoms with Gasteiger partial charge in [-0.2, -0.15) is 0 Å². The zero-order chi connectivity index (χ0) is 16.5. The van der Waals surface area contributed by atoms with Gasteiger partial charge in [-0.05, 0) is 39.2 Å². The summed E-state index contributed by atoms with van der Waals surface area (Å²) in [5.41, 5.74) is 0.614. The zero-order valence-corrected chi connectivity index (χ0v) is 13.2. The minimum Gasteiger partial charge on any atom is -0.492 e. The summed E-state index contributed by atoms with van der Waals surface area (Å²) in [6.45, 7) is 6.63. The number of nitrogens with one attached hydrogen (secondary N) is 1. The van der Waals surface area contributed by atoms with Crippen molar-refractivity contribution < 1.29 is 19.1 Å². The normalized spacial score (nSPS) is 10.2. The molecule has 0 aliphatic rings. The van der Waals surface area contributed by atoms with Crippen molar-refractivity contribution in [3.05, 3.63) is 36.4 Å². The molecule has 0 radical (unpaired) electrons. The van der Waals surface area contributed by atoms with E-state index in [-0.39, 0.29) is 12.2 Å². The number of anilines is 1. The lowest BCUT2D eigenvalue weighted by molar-refractivity contribution is -0.111. The first kappa shape index (κ1) is 17.7. The van der Waals surface area contributed by atoms with Crippen LogP contribution in [0.3, 0.4) is 0 Å². The Hall–Kier alpha value is -2.34. The summed E-state index contributed by atoms with van der Waals surface area (Å²) < 4.78 is 10.6. The van der Waals surface area contributed by atoms with Crippen LogP contribution in [-0.2, 0) is 9.53 Å². The van der Waals surface area contributed by atoms with Gasteiger partial charge in [-0.25, -0.2) is 4.79 Å². The fraction of sp³-hybridized carbons (Fsp3) is 0.375. The van der Waals surface area contributed by atoms with Gasteiger partial charge in [0.15, 0.2) is 0 Å². The van der Waals surface area contributed by atoms with E-state index in [1.54, 1.807) is 25.1 Å². The molecule has 0 bridgehead atoms. The monoisotopic (exact) mass is 306 g/mol. The van der Waals surface area contributed by atoms with Crippen LogP contribution in [0.1, 0.15) is 17.3 Å². The van der Waals surface area contributed by atoms with E-state index in [1.165, 1.54) is 0 Å².